The van der Waals surface area contributed by atoms with Crippen molar-refractivity contribution >= 4 is 17.6 Å². The van der Waals surface area contributed by atoms with E-state index in [0.29, 0.717) is 5.92 Å². The number of rotatable bonds is 2. The van der Waals surface area contributed by atoms with E-state index in [4.69, 9.17) is 15.8 Å². The fourth-order valence-corrected chi connectivity index (χ4v) is 4.33. The van der Waals surface area contributed by atoms with Crippen molar-refractivity contribution in [2.75, 3.05) is 5.43 Å². The summed E-state index contributed by atoms with van der Waals surface area (Å²) in [6, 6.07) is 8.71. The van der Waals surface area contributed by atoms with Gasteiger partial charge in [0.05, 0.1) is 5.69 Å². The highest BCUT2D eigenvalue weighted by atomic mass is 32.2. The number of hydrazine groups is 1. The average molecular weight is 298 g/mol. The second-order valence-electron chi connectivity index (χ2n) is 5.70. The first-order valence-electron chi connectivity index (χ1n) is 7.36. The fraction of sp³-hybridized carbons (Fsp3) is 0.375. The number of nitrogens with one attached hydrogen (secondary N) is 1. The Bertz CT molecular complexity index is 686. The highest BCUT2D eigenvalue weighted by Crippen LogP contribution is 2.36. The zero-order chi connectivity index (χ0) is 14.2. The number of thioether (sulfide) groups is 1. The molecule has 5 heteroatoms. The van der Waals surface area contributed by atoms with E-state index in [1.165, 1.54) is 16.7 Å². The summed E-state index contributed by atoms with van der Waals surface area (Å²) in [6.07, 6.45) is 3.26. The van der Waals surface area contributed by atoms with E-state index in [0.717, 1.165) is 48.1 Å². The van der Waals surface area contributed by atoms with Crippen molar-refractivity contribution in [2.45, 2.75) is 36.7 Å². The van der Waals surface area contributed by atoms with Gasteiger partial charge in [0.15, 0.2) is 0 Å². The first-order valence-corrected chi connectivity index (χ1v) is 8.51. The SMILES string of the molecule is NNc1nc(C2CCc3ccccc3C2)nc2c1CSC2. The number of aromatic nitrogens is 2. The lowest BCUT2D eigenvalue weighted by Crippen LogP contribution is -2.19. The Balaban J connectivity index is 1.69. The minimum Gasteiger partial charge on any atom is -0.308 e. The Labute approximate surface area is 128 Å². The van der Waals surface area contributed by atoms with Gasteiger partial charge in [0.25, 0.3) is 0 Å². The Morgan fingerprint density at radius 3 is 2.86 bits per heavy atom. The largest absolute Gasteiger partial charge is 0.308 e. The molecule has 2 heterocycles. The molecule has 1 aromatic heterocycles. The third-order valence-electron chi connectivity index (χ3n) is 4.44. The molecule has 4 rings (SSSR count). The van der Waals surface area contributed by atoms with Gasteiger partial charge in [0.1, 0.15) is 11.6 Å². The maximum atomic E-state index is 5.65. The predicted octanol–water partition coefficient (Wildman–Crippen LogP) is 2.78. The average Bonchev–Trinajstić information content (AvgIpc) is 3.02. The van der Waals surface area contributed by atoms with Crippen LogP contribution < -0.4 is 11.3 Å². The molecular weight excluding hydrogens is 280 g/mol. The number of hydrogen-bond donors (Lipinski definition) is 2. The van der Waals surface area contributed by atoms with Crippen LogP contribution in [0.3, 0.4) is 0 Å². The molecule has 0 saturated carbocycles. The van der Waals surface area contributed by atoms with Crippen LogP contribution in [0.4, 0.5) is 5.82 Å². The quantitative estimate of drug-likeness (QED) is 0.659. The maximum absolute atomic E-state index is 5.65. The van der Waals surface area contributed by atoms with Crippen LogP contribution in [0.1, 0.15) is 40.5 Å². The molecule has 108 valence electrons. The molecule has 0 fully saturated rings. The number of benzene rings is 1. The number of anilines is 1. The highest BCUT2D eigenvalue weighted by Gasteiger charge is 2.26. The van der Waals surface area contributed by atoms with E-state index in [2.05, 4.69) is 29.7 Å². The summed E-state index contributed by atoms with van der Waals surface area (Å²) in [6.45, 7) is 0. The van der Waals surface area contributed by atoms with Crippen LogP contribution in [0.25, 0.3) is 0 Å². The zero-order valence-electron chi connectivity index (χ0n) is 11.8. The molecule has 3 N–H and O–H groups in total. The Morgan fingerprint density at radius 1 is 1.14 bits per heavy atom. The third-order valence-corrected chi connectivity index (χ3v) is 5.41. The molecule has 0 spiro atoms. The Hall–Kier alpha value is -1.59. The van der Waals surface area contributed by atoms with Gasteiger partial charge in [-0.05, 0) is 30.4 Å². The van der Waals surface area contributed by atoms with E-state index in [-0.39, 0.29) is 0 Å². The summed E-state index contributed by atoms with van der Waals surface area (Å²) in [5, 5.41) is 0. The van der Waals surface area contributed by atoms with Gasteiger partial charge in [0, 0.05) is 23.0 Å². The van der Waals surface area contributed by atoms with Crippen LogP contribution in [-0.4, -0.2) is 9.97 Å². The van der Waals surface area contributed by atoms with E-state index in [9.17, 15) is 0 Å². The fourth-order valence-electron chi connectivity index (χ4n) is 3.29. The molecule has 0 saturated heterocycles. The minimum absolute atomic E-state index is 0.405. The number of aryl methyl sites for hydroxylation is 1. The topological polar surface area (TPSA) is 63.8 Å². The van der Waals surface area contributed by atoms with Crippen molar-refractivity contribution in [3.63, 3.8) is 0 Å². The summed E-state index contributed by atoms with van der Waals surface area (Å²) in [5.41, 5.74) is 8.02. The summed E-state index contributed by atoms with van der Waals surface area (Å²) in [5.74, 6) is 9.77. The molecule has 1 unspecified atom stereocenters. The second kappa shape index (κ2) is 5.31. The van der Waals surface area contributed by atoms with E-state index in [1.807, 2.05) is 11.8 Å². The van der Waals surface area contributed by atoms with E-state index < -0.39 is 0 Å². The van der Waals surface area contributed by atoms with Crippen molar-refractivity contribution < 1.29 is 0 Å². The van der Waals surface area contributed by atoms with Crippen molar-refractivity contribution in [1.82, 2.24) is 9.97 Å². The summed E-state index contributed by atoms with van der Waals surface area (Å²) >= 11 is 1.88. The Kier molecular flexibility index (Phi) is 3.31. The number of nitrogens with two attached hydrogens (primary N) is 1. The van der Waals surface area contributed by atoms with E-state index in [1.54, 1.807) is 0 Å². The van der Waals surface area contributed by atoms with Gasteiger partial charge in [-0.25, -0.2) is 15.8 Å². The van der Waals surface area contributed by atoms with E-state index >= 15 is 0 Å². The molecule has 2 aromatic rings. The van der Waals surface area contributed by atoms with Crippen LogP contribution in [0.5, 0.6) is 0 Å². The van der Waals surface area contributed by atoms with Gasteiger partial charge >= 0.3 is 0 Å². The smallest absolute Gasteiger partial charge is 0.148 e. The molecule has 0 radical (unpaired) electrons. The minimum atomic E-state index is 0.405. The number of nitrogen functional groups attached to an aromatic ring is 1. The molecule has 0 bridgehead atoms. The van der Waals surface area contributed by atoms with Crippen LogP contribution in [0.15, 0.2) is 24.3 Å². The maximum Gasteiger partial charge on any atom is 0.148 e. The first-order chi connectivity index (χ1) is 10.3. The summed E-state index contributed by atoms with van der Waals surface area (Å²) in [7, 11) is 0. The van der Waals surface area contributed by atoms with Gasteiger partial charge in [-0.2, -0.15) is 11.8 Å². The zero-order valence-corrected chi connectivity index (χ0v) is 12.6. The lowest BCUT2D eigenvalue weighted by atomic mass is 9.83. The number of nitrogens with zero attached hydrogens (tertiary/aromatic N) is 2. The Morgan fingerprint density at radius 2 is 2.00 bits per heavy atom. The third kappa shape index (κ3) is 2.30. The van der Waals surface area contributed by atoms with Crippen molar-refractivity contribution in [2.24, 2.45) is 5.84 Å². The van der Waals surface area contributed by atoms with Crippen LogP contribution >= 0.6 is 11.8 Å². The standard InChI is InChI=1S/C16H18N4S/c17-20-16-13-8-21-9-14(13)18-15(19-16)12-6-5-10-3-1-2-4-11(10)7-12/h1-4,12H,5-9,17H2,(H,18,19,20). The molecular formula is C16H18N4S. The van der Waals surface area contributed by atoms with Crippen molar-refractivity contribution in [3.8, 4) is 0 Å². The molecule has 21 heavy (non-hydrogen) atoms. The summed E-state index contributed by atoms with van der Waals surface area (Å²) < 4.78 is 0. The highest BCUT2D eigenvalue weighted by molar-refractivity contribution is 7.98. The van der Waals surface area contributed by atoms with Gasteiger partial charge in [-0.1, -0.05) is 24.3 Å². The molecule has 1 aliphatic heterocycles. The molecule has 1 aliphatic carbocycles. The summed E-state index contributed by atoms with van der Waals surface area (Å²) in [4.78, 5) is 9.53. The molecule has 4 nitrogen and oxygen atoms in total. The van der Waals surface area contributed by atoms with Crippen molar-refractivity contribution in [1.29, 1.82) is 0 Å². The molecule has 1 atom stereocenters. The second-order valence-corrected chi connectivity index (χ2v) is 6.69. The lowest BCUT2D eigenvalue weighted by molar-refractivity contribution is 0.553. The molecule has 0 amide bonds. The van der Waals surface area contributed by atoms with Gasteiger partial charge in [-0.3, -0.25) is 0 Å². The molecule has 2 aliphatic rings. The first kappa shape index (κ1) is 13.1. The van der Waals surface area contributed by atoms with Crippen LogP contribution in [-0.2, 0) is 24.3 Å². The lowest BCUT2D eigenvalue weighted by Gasteiger charge is -2.24. The number of fused-ring (bicyclic) bond motifs is 2. The van der Waals surface area contributed by atoms with Gasteiger partial charge < -0.3 is 5.43 Å². The van der Waals surface area contributed by atoms with Crippen LogP contribution in [0.2, 0.25) is 0 Å². The normalized spacial score (nSPS) is 20.0. The monoisotopic (exact) mass is 298 g/mol. The van der Waals surface area contributed by atoms with Gasteiger partial charge in [0.2, 0.25) is 0 Å². The number of hydrogen-bond acceptors (Lipinski definition) is 5. The molecule has 1 aromatic carbocycles. The predicted molar refractivity (Wildman–Crippen MR) is 86.0 cm³/mol. The van der Waals surface area contributed by atoms with Crippen molar-refractivity contribution in [3.05, 3.63) is 52.5 Å². The van der Waals surface area contributed by atoms with Gasteiger partial charge in [-0.15, -0.1) is 0 Å². The van der Waals surface area contributed by atoms with Crippen LogP contribution in [0, 0.1) is 0 Å².